The second-order valence-electron chi connectivity index (χ2n) is 3.97. The van der Waals surface area contributed by atoms with E-state index >= 15 is 0 Å². The van der Waals surface area contributed by atoms with Gasteiger partial charge < -0.3 is 19.3 Å². The predicted molar refractivity (Wildman–Crippen MR) is 57.0 cm³/mol. The third kappa shape index (κ3) is 4.95. The molecule has 6 nitrogen and oxygen atoms in total. The molecule has 0 aromatic heterocycles. The minimum absolute atomic E-state index is 0.0103. The van der Waals surface area contributed by atoms with E-state index in [-0.39, 0.29) is 19.1 Å². The monoisotopic (exact) mass is 250 g/mol. The first-order valence-corrected chi connectivity index (χ1v) is 6.57. The van der Waals surface area contributed by atoms with Crippen molar-refractivity contribution in [3.8, 4) is 0 Å². The molecule has 1 fully saturated rings. The molecule has 16 heavy (non-hydrogen) atoms. The van der Waals surface area contributed by atoms with E-state index in [0.29, 0.717) is 0 Å². The molecule has 0 bridgehead atoms. The molecule has 3 unspecified atom stereocenters. The average molecular weight is 250 g/mol. The lowest BCUT2D eigenvalue weighted by molar-refractivity contribution is -0.0457. The third-order valence-corrected chi connectivity index (χ3v) is 2.64. The Balaban J connectivity index is 2.49. The molecular weight excluding hydrogens is 234 g/mol. The van der Waals surface area contributed by atoms with E-state index in [1.165, 1.54) is 0 Å². The lowest BCUT2D eigenvalue weighted by atomic mass is 9.96. The van der Waals surface area contributed by atoms with Crippen LogP contribution in [0.15, 0.2) is 0 Å². The summed E-state index contributed by atoms with van der Waals surface area (Å²) in [6, 6.07) is -0.572. The number of hydrogen-bond donors (Lipinski definition) is 2. The zero-order chi connectivity index (χ0) is 12.3. The molecule has 92 valence electrons. The van der Waals surface area contributed by atoms with E-state index in [4.69, 9.17) is 27.1 Å². The Morgan fingerprint density at radius 2 is 2.19 bits per heavy atom. The summed E-state index contributed by atoms with van der Waals surface area (Å²) >= 11 is 0. The van der Waals surface area contributed by atoms with Crippen LogP contribution in [0.4, 0.5) is 0 Å². The summed E-state index contributed by atoms with van der Waals surface area (Å²) in [5, 5.41) is 0. The minimum atomic E-state index is -4.52. The fourth-order valence-electron chi connectivity index (χ4n) is 1.47. The van der Waals surface area contributed by atoms with Crippen LogP contribution < -0.4 is 0 Å². The highest BCUT2D eigenvalue weighted by molar-refractivity contribution is 7.46. The molecule has 1 aliphatic rings. The van der Waals surface area contributed by atoms with Gasteiger partial charge in [-0.25, -0.2) is 4.57 Å². The lowest BCUT2D eigenvalue weighted by Crippen LogP contribution is -2.29. The van der Waals surface area contributed by atoms with Gasteiger partial charge in [-0.15, -0.1) is 0 Å². The molecule has 0 amide bonds. The van der Waals surface area contributed by atoms with E-state index in [1.807, 2.05) is 13.8 Å². The summed E-state index contributed by atoms with van der Waals surface area (Å²) in [7, 11) is 1.01. The van der Waals surface area contributed by atoms with Crippen molar-refractivity contribution in [3.05, 3.63) is 0 Å². The van der Waals surface area contributed by atoms with Crippen molar-refractivity contribution in [1.82, 2.24) is 0 Å². The number of phosphoric acid groups is 1. The molecule has 1 aliphatic heterocycles. The molecule has 3 atom stereocenters. The standard InChI is InChI=1S/C8H16BO6P/c1-5(2)13-4-7-6(3-8(9)14-7)15-16(10,11)12/h5-8H,3-4H2,1-2H3,(H2,10,11,12). The van der Waals surface area contributed by atoms with Gasteiger partial charge in [-0.3, -0.25) is 4.52 Å². The van der Waals surface area contributed by atoms with Gasteiger partial charge in [-0.2, -0.15) is 0 Å². The first-order chi connectivity index (χ1) is 7.28. The highest BCUT2D eigenvalue weighted by Crippen LogP contribution is 2.41. The van der Waals surface area contributed by atoms with E-state index in [1.54, 1.807) is 0 Å². The van der Waals surface area contributed by atoms with Gasteiger partial charge in [-0.05, 0) is 20.3 Å². The Bertz CT molecular complexity index is 267. The Morgan fingerprint density at radius 1 is 1.56 bits per heavy atom. The molecule has 8 heteroatoms. The number of hydrogen-bond acceptors (Lipinski definition) is 4. The Labute approximate surface area is 95.9 Å². The zero-order valence-corrected chi connectivity index (χ0v) is 10.2. The molecule has 2 N–H and O–H groups in total. The van der Waals surface area contributed by atoms with Gasteiger partial charge in [0.2, 0.25) is 0 Å². The van der Waals surface area contributed by atoms with Crippen molar-refractivity contribution in [1.29, 1.82) is 0 Å². The van der Waals surface area contributed by atoms with Crippen molar-refractivity contribution in [2.45, 2.75) is 44.6 Å². The van der Waals surface area contributed by atoms with Gasteiger partial charge in [0.05, 0.1) is 18.8 Å². The highest BCUT2D eigenvalue weighted by Gasteiger charge is 2.37. The van der Waals surface area contributed by atoms with Crippen LogP contribution >= 0.6 is 7.82 Å². The van der Waals surface area contributed by atoms with Crippen LogP contribution in [0.1, 0.15) is 20.3 Å². The predicted octanol–water partition coefficient (Wildman–Crippen LogP) is 0.173. The summed E-state index contributed by atoms with van der Waals surface area (Å²) in [5.74, 6) is 0. The van der Waals surface area contributed by atoms with E-state index in [2.05, 4.69) is 4.52 Å². The molecule has 0 aromatic carbocycles. The molecule has 1 saturated heterocycles. The van der Waals surface area contributed by atoms with E-state index in [0.717, 1.165) is 0 Å². The smallest absolute Gasteiger partial charge is 0.380 e. The summed E-state index contributed by atoms with van der Waals surface area (Å²) in [6.07, 6.45) is -1.01. The summed E-state index contributed by atoms with van der Waals surface area (Å²) < 4.78 is 25.9. The Kier molecular flexibility index (Phi) is 4.97. The first-order valence-electron chi connectivity index (χ1n) is 5.04. The quantitative estimate of drug-likeness (QED) is 0.534. The van der Waals surface area contributed by atoms with Gasteiger partial charge in [0.25, 0.3) is 0 Å². The molecule has 0 saturated carbocycles. The summed E-state index contributed by atoms with van der Waals surface area (Å²) in [5.41, 5.74) is 0. The molecule has 0 aromatic rings. The third-order valence-electron chi connectivity index (χ3n) is 2.10. The van der Waals surface area contributed by atoms with E-state index < -0.39 is 26.0 Å². The topological polar surface area (TPSA) is 85.2 Å². The van der Waals surface area contributed by atoms with Crippen molar-refractivity contribution < 1.29 is 28.3 Å². The van der Waals surface area contributed by atoms with Crippen molar-refractivity contribution >= 4 is 15.7 Å². The molecule has 0 aliphatic carbocycles. The van der Waals surface area contributed by atoms with Crippen LogP contribution in [0, 0.1) is 0 Å². The maximum atomic E-state index is 10.7. The van der Waals surface area contributed by atoms with Gasteiger partial charge in [0.15, 0.2) is 0 Å². The van der Waals surface area contributed by atoms with Crippen LogP contribution in [-0.2, 0) is 18.6 Å². The van der Waals surface area contributed by atoms with Gasteiger partial charge in [0.1, 0.15) is 14.0 Å². The molecule has 0 spiro atoms. The minimum Gasteiger partial charge on any atom is -0.380 e. The summed E-state index contributed by atoms with van der Waals surface area (Å²) in [4.78, 5) is 17.4. The van der Waals surface area contributed by atoms with Gasteiger partial charge >= 0.3 is 7.82 Å². The Hall–Kier alpha value is 0.0949. The highest BCUT2D eigenvalue weighted by atomic mass is 31.2. The second kappa shape index (κ2) is 5.62. The number of phosphoric ester groups is 1. The number of ether oxygens (including phenoxy) is 2. The van der Waals surface area contributed by atoms with Crippen LogP contribution in [0.2, 0.25) is 0 Å². The van der Waals surface area contributed by atoms with Crippen molar-refractivity contribution in [3.63, 3.8) is 0 Å². The molecule has 2 radical (unpaired) electrons. The molecule has 1 rings (SSSR count). The molecular formula is C8H16BO6P. The van der Waals surface area contributed by atoms with Crippen LogP contribution in [-0.4, -0.2) is 48.6 Å². The van der Waals surface area contributed by atoms with Crippen molar-refractivity contribution in [2.75, 3.05) is 6.61 Å². The SMILES string of the molecule is [B]C1CC(OP(=O)(O)O)C(COC(C)C)O1. The normalized spacial score (nSPS) is 31.2. The van der Waals surface area contributed by atoms with Crippen LogP contribution in [0.3, 0.4) is 0 Å². The Morgan fingerprint density at radius 3 is 2.69 bits per heavy atom. The molecule has 1 heterocycles. The largest absolute Gasteiger partial charge is 0.469 e. The van der Waals surface area contributed by atoms with E-state index in [9.17, 15) is 4.57 Å². The van der Waals surface area contributed by atoms with Gasteiger partial charge in [0, 0.05) is 6.00 Å². The maximum Gasteiger partial charge on any atom is 0.469 e. The summed E-state index contributed by atoms with van der Waals surface area (Å²) in [6.45, 7) is 3.91. The lowest BCUT2D eigenvalue weighted by Gasteiger charge is -2.20. The van der Waals surface area contributed by atoms with Crippen molar-refractivity contribution in [2.24, 2.45) is 0 Å². The number of rotatable bonds is 5. The maximum absolute atomic E-state index is 10.7. The fraction of sp³-hybridized carbons (Fsp3) is 1.00. The zero-order valence-electron chi connectivity index (χ0n) is 9.28. The average Bonchev–Trinajstić information content (AvgIpc) is 2.39. The first kappa shape index (κ1) is 14.2. The fourth-order valence-corrected chi connectivity index (χ4v) is 2.04. The second-order valence-corrected chi connectivity index (χ2v) is 5.16. The van der Waals surface area contributed by atoms with Crippen LogP contribution in [0.25, 0.3) is 0 Å². The van der Waals surface area contributed by atoms with Crippen LogP contribution in [0.5, 0.6) is 0 Å². The van der Waals surface area contributed by atoms with Gasteiger partial charge in [-0.1, -0.05) is 0 Å².